The lowest BCUT2D eigenvalue weighted by atomic mass is 10.2. The first-order valence-electron chi connectivity index (χ1n) is 5.39. The van der Waals surface area contributed by atoms with E-state index in [9.17, 15) is 14.0 Å². The van der Waals surface area contributed by atoms with E-state index >= 15 is 0 Å². The predicted molar refractivity (Wildman–Crippen MR) is 80.3 cm³/mol. The molecule has 0 aliphatic heterocycles. The number of benzene rings is 1. The van der Waals surface area contributed by atoms with Gasteiger partial charge in [0, 0.05) is 10.0 Å². The number of hydrogen-bond acceptors (Lipinski definition) is 6. The van der Waals surface area contributed by atoms with Crippen LogP contribution in [0.15, 0.2) is 27.0 Å². The second kappa shape index (κ2) is 6.96. The summed E-state index contributed by atoms with van der Waals surface area (Å²) in [7, 11) is 0. The summed E-state index contributed by atoms with van der Waals surface area (Å²) in [5, 5.41) is 18.7. The molecule has 10 heteroatoms. The number of nitrogens with one attached hydrogen (secondary N) is 1. The minimum absolute atomic E-state index is 0.136. The van der Waals surface area contributed by atoms with E-state index in [0.29, 0.717) is 8.81 Å². The Bertz CT molecular complexity index is 675. The first kappa shape index (κ1) is 15.9. The van der Waals surface area contributed by atoms with Crippen LogP contribution in [0.3, 0.4) is 0 Å². The van der Waals surface area contributed by atoms with Gasteiger partial charge >= 0.3 is 5.97 Å². The largest absolute Gasteiger partial charge is 0.481 e. The van der Waals surface area contributed by atoms with Crippen LogP contribution in [-0.2, 0) is 4.79 Å². The number of amides is 1. The van der Waals surface area contributed by atoms with Crippen LogP contribution in [0, 0.1) is 5.82 Å². The predicted octanol–water partition coefficient (Wildman–Crippen LogP) is 2.87. The summed E-state index contributed by atoms with van der Waals surface area (Å²) in [4.78, 5) is 22.4. The summed E-state index contributed by atoms with van der Waals surface area (Å²) >= 11 is 5.15. The average Bonchev–Trinajstić information content (AvgIpc) is 2.83. The lowest BCUT2D eigenvalue weighted by Gasteiger charge is -2.02. The third-order valence-electron chi connectivity index (χ3n) is 2.07. The zero-order chi connectivity index (χ0) is 15.4. The average molecular weight is 392 g/mol. The second-order valence-electron chi connectivity index (χ2n) is 3.67. The number of rotatable bonds is 5. The lowest BCUT2D eigenvalue weighted by molar-refractivity contribution is -0.133. The molecular formula is C11H7BrFN3O3S2. The van der Waals surface area contributed by atoms with Gasteiger partial charge in [0.05, 0.1) is 5.75 Å². The van der Waals surface area contributed by atoms with Gasteiger partial charge in [-0.05, 0) is 18.2 Å². The minimum atomic E-state index is -0.967. The fraction of sp³-hybridized carbons (Fsp3) is 0.0909. The van der Waals surface area contributed by atoms with Crippen molar-refractivity contribution in [1.82, 2.24) is 10.2 Å². The monoisotopic (exact) mass is 391 g/mol. The highest BCUT2D eigenvalue weighted by Crippen LogP contribution is 2.25. The first-order chi connectivity index (χ1) is 9.94. The number of carbonyl (C=O) groups is 2. The van der Waals surface area contributed by atoms with Gasteiger partial charge in [0.15, 0.2) is 4.34 Å². The molecule has 0 unspecified atom stereocenters. The van der Waals surface area contributed by atoms with E-state index in [1.54, 1.807) is 0 Å². The van der Waals surface area contributed by atoms with E-state index in [0.717, 1.165) is 29.2 Å². The molecule has 2 N–H and O–H groups in total. The smallest absolute Gasteiger partial charge is 0.313 e. The van der Waals surface area contributed by atoms with Gasteiger partial charge in [0.25, 0.3) is 5.91 Å². The Kier molecular flexibility index (Phi) is 5.26. The Morgan fingerprint density at radius 3 is 2.81 bits per heavy atom. The number of thioether (sulfide) groups is 1. The molecule has 1 heterocycles. The third-order valence-corrected chi connectivity index (χ3v) is 4.49. The quantitative estimate of drug-likeness (QED) is 0.601. The maximum Gasteiger partial charge on any atom is 0.313 e. The van der Waals surface area contributed by atoms with Gasteiger partial charge in [-0.1, -0.05) is 39.0 Å². The van der Waals surface area contributed by atoms with E-state index in [4.69, 9.17) is 5.11 Å². The number of carboxylic acid groups (broad SMARTS) is 1. The Balaban J connectivity index is 2.04. The van der Waals surface area contributed by atoms with Gasteiger partial charge in [0.2, 0.25) is 5.13 Å². The maximum absolute atomic E-state index is 13.2. The molecule has 1 aromatic carbocycles. The van der Waals surface area contributed by atoms with Gasteiger partial charge in [-0.25, -0.2) is 4.39 Å². The Morgan fingerprint density at radius 2 is 2.14 bits per heavy atom. The maximum atomic E-state index is 13.2. The van der Waals surface area contributed by atoms with E-state index in [1.165, 1.54) is 12.1 Å². The molecule has 0 spiro atoms. The van der Waals surface area contributed by atoms with Gasteiger partial charge in [0.1, 0.15) is 5.82 Å². The van der Waals surface area contributed by atoms with Crippen molar-refractivity contribution in [3.63, 3.8) is 0 Å². The molecule has 0 radical (unpaired) electrons. The van der Waals surface area contributed by atoms with Crippen molar-refractivity contribution in [2.24, 2.45) is 0 Å². The standard InChI is InChI=1S/C11H7BrFN3O3S2/c12-6-1-5(2-7(13)3-6)9(19)14-10-15-16-11(21-10)20-4-8(17)18/h1-3H,4H2,(H,17,18)(H,14,15,19). The van der Waals surface area contributed by atoms with Crippen LogP contribution in [0.1, 0.15) is 10.4 Å². The molecule has 0 fully saturated rings. The van der Waals surface area contributed by atoms with Gasteiger partial charge in [-0.15, -0.1) is 10.2 Å². The van der Waals surface area contributed by atoms with Crippen molar-refractivity contribution in [3.05, 3.63) is 34.1 Å². The van der Waals surface area contributed by atoms with Crippen LogP contribution in [0.2, 0.25) is 0 Å². The highest BCUT2D eigenvalue weighted by molar-refractivity contribution is 9.10. The summed E-state index contributed by atoms with van der Waals surface area (Å²) in [5.74, 6) is -2.17. The number of nitrogens with zero attached hydrogens (tertiary/aromatic N) is 2. The molecule has 21 heavy (non-hydrogen) atoms. The number of halogens is 2. The molecular weight excluding hydrogens is 385 g/mol. The molecule has 2 rings (SSSR count). The summed E-state index contributed by atoms with van der Waals surface area (Å²) < 4.78 is 14.1. The van der Waals surface area contributed by atoms with Crippen molar-refractivity contribution in [1.29, 1.82) is 0 Å². The molecule has 0 saturated heterocycles. The van der Waals surface area contributed by atoms with E-state index in [1.807, 2.05) is 0 Å². The molecule has 0 aliphatic rings. The van der Waals surface area contributed by atoms with E-state index in [2.05, 4.69) is 31.4 Å². The minimum Gasteiger partial charge on any atom is -0.481 e. The number of carboxylic acids is 1. The molecule has 1 amide bonds. The highest BCUT2D eigenvalue weighted by Gasteiger charge is 2.12. The van der Waals surface area contributed by atoms with Crippen LogP contribution in [0.4, 0.5) is 9.52 Å². The Morgan fingerprint density at radius 1 is 1.38 bits per heavy atom. The van der Waals surface area contributed by atoms with Gasteiger partial charge in [-0.3, -0.25) is 14.9 Å². The molecule has 0 bridgehead atoms. The summed E-state index contributed by atoms with van der Waals surface area (Å²) in [5.41, 5.74) is 0.136. The molecule has 2 aromatic rings. The normalized spacial score (nSPS) is 10.4. The molecule has 0 atom stereocenters. The topological polar surface area (TPSA) is 92.2 Å². The molecule has 6 nitrogen and oxygen atoms in total. The fourth-order valence-electron chi connectivity index (χ4n) is 1.30. The number of carbonyl (C=O) groups excluding carboxylic acids is 1. The SMILES string of the molecule is O=C(O)CSc1nnc(NC(=O)c2cc(F)cc(Br)c2)s1. The summed E-state index contributed by atoms with van der Waals surface area (Å²) in [6.07, 6.45) is 0. The van der Waals surface area contributed by atoms with Crippen LogP contribution >= 0.6 is 39.0 Å². The van der Waals surface area contributed by atoms with Crippen molar-refractivity contribution in [3.8, 4) is 0 Å². The Labute approximate surface area is 134 Å². The van der Waals surface area contributed by atoms with Crippen LogP contribution < -0.4 is 5.32 Å². The number of aromatic nitrogens is 2. The second-order valence-corrected chi connectivity index (χ2v) is 6.78. The van der Waals surface area contributed by atoms with Gasteiger partial charge < -0.3 is 5.11 Å². The number of anilines is 1. The van der Waals surface area contributed by atoms with Crippen molar-refractivity contribution < 1.29 is 19.1 Å². The first-order valence-corrected chi connectivity index (χ1v) is 7.99. The molecule has 110 valence electrons. The van der Waals surface area contributed by atoms with Crippen molar-refractivity contribution in [2.45, 2.75) is 4.34 Å². The number of hydrogen-bond donors (Lipinski definition) is 2. The number of aliphatic carboxylic acids is 1. The zero-order valence-corrected chi connectivity index (χ0v) is 13.4. The Hall–Kier alpha value is -1.52. The van der Waals surface area contributed by atoms with Crippen LogP contribution in [0.25, 0.3) is 0 Å². The van der Waals surface area contributed by atoms with Crippen LogP contribution in [0.5, 0.6) is 0 Å². The third kappa shape index (κ3) is 4.76. The van der Waals surface area contributed by atoms with Crippen molar-refractivity contribution in [2.75, 3.05) is 11.1 Å². The van der Waals surface area contributed by atoms with Crippen molar-refractivity contribution >= 4 is 56.0 Å². The highest BCUT2D eigenvalue weighted by atomic mass is 79.9. The van der Waals surface area contributed by atoms with Crippen LogP contribution in [-0.4, -0.2) is 32.9 Å². The zero-order valence-electron chi connectivity index (χ0n) is 10.2. The van der Waals surface area contributed by atoms with Gasteiger partial charge in [-0.2, -0.15) is 0 Å². The van der Waals surface area contributed by atoms with E-state index in [-0.39, 0.29) is 16.4 Å². The summed E-state index contributed by atoms with van der Waals surface area (Å²) in [6.45, 7) is 0. The van der Waals surface area contributed by atoms with E-state index < -0.39 is 17.7 Å². The summed E-state index contributed by atoms with van der Waals surface area (Å²) in [6, 6.07) is 3.81. The lowest BCUT2D eigenvalue weighted by Crippen LogP contribution is -2.12. The fourth-order valence-corrected chi connectivity index (χ4v) is 3.23. The molecule has 0 aliphatic carbocycles. The molecule has 0 saturated carbocycles. The molecule has 1 aromatic heterocycles.